The molecule has 0 unspecified atom stereocenters. The molecular formula is C27H36N4O3S. The van der Waals surface area contributed by atoms with Gasteiger partial charge in [-0.15, -0.1) is 11.3 Å². The number of carbonyl (C=O) groups excluding carboxylic acids is 3. The van der Waals surface area contributed by atoms with Gasteiger partial charge in [-0.25, -0.2) is 4.98 Å². The summed E-state index contributed by atoms with van der Waals surface area (Å²) in [6, 6.07) is 5.42. The first-order valence-corrected chi connectivity index (χ1v) is 13.0. The van der Waals surface area contributed by atoms with Gasteiger partial charge in [0.25, 0.3) is 0 Å². The van der Waals surface area contributed by atoms with Gasteiger partial charge in [-0.2, -0.15) is 0 Å². The lowest BCUT2D eigenvalue weighted by Gasteiger charge is -2.30. The molecule has 2 aromatic rings. The van der Waals surface area contributed by atoms with Crippen LogP contribution in [-0.4, -0.2) is 40.1 Å². The highest BCUT2D eigenvalue weighted by Crippen LogP contribution is 2.31. The molecule has 1 fully saturated rings. The number of hydrogen-bond donors (Lipinski definition) is 2. The Balaban J connectivity index is 1.74. The molecule has 1 aromatic heterocycles. The highest BCUT2D eigenvalue weighted by Gasteiger charge is 2.40. The summed E-state index contributed by atoms with van der Waals surface area (Å²) in [6.07, 6.45) is 2.62. The van der Waals surface area contributed by atoms with Crippen LogP contribution >= 0.6 is 11.3 Å². The average molecular weight is 497 g/mol. The van der Waals surface area contributed by atoms with E-state index < -0.39 is 12.0 Å². The summed E-state index contributed by atoms with van der Waals surface area (Å²) in [5.41, 5.74) is 12.1. The first-order chi connectivity index (χ1) is 16.5. The summed E-state index contributed by atoms with van der Waals surface area (Å²) < 4.78 is 0. The summed E-state index contributed by atoms with van der Waals surface area (Å²) in [5.74, 6) is -1.84. The minimum Gasteiger partial charge on any atom is -0.402 e. The summed E-state index contributed by atoms with van der Waals surface area (Å²) in [5, 5.41) is 3.10. The monoisotopic (exact) mass is 496 g/mol. The number of thiazole rings is 1. The second-order valence-electron chi connectivity index (χ2n) is 9.77. The molecule has 0 radical (unpaired) electrons. The van der Waals surface area contributed by atoms with Crippen LogP contribution in [0.25, 0.3) is 10.4 Å². The third-order valence-corrected chi connectivity index (χ3v) is 7.53. The summed E-state index contributed by atoms with van der Waals surface area (Å²) >= 11 is 1.61. The van der Waals surface area contributed by atoms with Gasteiger partial charge >= 0.3 is 0 Å². The average Bonchev–Trinajstić information content (AvgIpc) is 3.41. The van der Waals surface area contributed by atoms with E-state index in [1.165, 1.54) is 6.08 Å². The van der Waals surface area contributed by atoms with Gasteiger partial charge in [0.2, 0.25) is 11.8 Å². The Kier molecular flexibility index (Phi) is 8.48. The van der Waals surface area contributed by atoms with Crippen molar-refractivity contribution in [2.24, 2.45) is 17.6 Å². The van der Waals surface area contributed by atoms with Crippen molar-refractivity contribution in [1.29, 1.82) is 0 Å². The maximum absolute atomic E-state index is 13.4. The Morgan fingerprint density at radius 1 is 1.23 bits per heavy atom. The van der Waals surface area contributed by atoms with Crippen LogP contribution in [0.15, 0.2) is 35.5 Å². The second kappa shape index (κ2) is 11.2. The van der Waals surface area contributed by atoms with E-state index in [1.807, 2.05) is 46.2 Å². The van der Waals surface area contributed by atoms with Crippen LogP contribution < -0.4 is 11.1 Å². The number of likely N-dealkylation sites (tertiary alicyclic amines) is 1. The van der Waals surface area contributed by atoms with Gasteiger partial charge in [-0.1, -0.05) is 32.0 Å². The van der Waals surface area contributed by atoms with Crippen LogP contribution in [0, 0.1) is 25.7 Å². The Labute approximate surface area is 211 Å². The van der Waals surface area contributed by atoms with Crippen LogP contribution in [0.1, 0.15) is 63.4 Å². The lowest BCUT2D eigenvalue weighted by atomic mass is 9.89. The molecule has 0 aliphatic carbocycles. The van der Waals surface area contributed by atoms with E-state index in [0.29, 0.717) is 18.7 Å². The summed E-state index contributed by atoms with van der Waals surface area (Å²) in [6.45, 7) is 11.8. The van der Waals surface area contributed by atoms with E-state index >= 15 is 0 Å². The molecule has 2 amide bonds. The van der Waals surface area contributed by atoms with Gasteiger partial charge in [-0.3, -0.25) is 14.4 Å². The molecule has 188 valence electrons. The molecule has 0 spiro atoms. The molecule has 3 atom stereocenters. The molecule has 0 bridgehead atoms. The van der Waals surface area contributed by atoms with Crippen molar-refractivity contribution in [2.75, 3.05) is 6.54 Å². The first kappa shape index (κ1) is 26.6. The van der Waals surface area contributed by atoms with E-state index in [0.717, 1.165) is 33.7 Å². The maximum Gasteiger partial charge on any atom is 0.243 e. The second-order valence-corrected chi connectivity index (χ2v) is 10.6. The van der Waals surface area contributed by atoms with E-state index in [-0.39, 0.29) is 29.6 Å². The van der Waals surface area contributed by atoms with Gasteiger partial charge < -0.3 is 16.0 Å². The number of nitrogens with zero attached hydrogens (tertiary/aromatic N) is 2. The van der Waals surface area contributed by atoms with Gasteiger partial charge in [0.05, 0.1) is 22.1 Å². The number of hydrogen-bond acceptors (Lipinski definition) is 6. The Morgan fingerprint density at radius 2 is 1.94 bits per heavy atom. The fourth-order valence-electron chi connectivity index (χ4n) is 4.80. The third-order valence-electron chi connectivity index (χ3n) is 6.55. The molecule has 35 heavy (non-hydrogen) atoms. The molecule has 8 heteroatoms. The van der Waals surface area contributed by atoms with Crippen molar-refractivity contribution in [2.45, 2.75) is 66.5 Å². The Morgan fingerprint density at radius 3 is 2.51 bits per heavy atom. The predicted octanol–water partition coefficient (Wildman–Crippen LogP) is 4.30. The lowest BCUT2D eigenvalue weighted by Crippen LogP contribution is -2.50. The molecule has 3 rings (SSSR count). The molecule has 0 saturated carbocycles. The van der Waals surface area contributed by atoms with E-state index in [2.05, 4.69) is 22.4 Å². The number of aromatic nitrogens is 1. The van der Waals surface area contributed by atoms with E-state index in [4.69, 9.17) is 5.73 Å². The van der Waals surface area contributed by atoms with Crippen molar-refractivity contribution in [3.63, 3.8) is 0 Å². The normalized spacial score (nSPS) is 18.0. The largest absolute Gasteiger partial charge is 0.402 e. The van der Waals surface area contributed by atoms with Crippen LogP contribution in [0.4, 0.5) is 0 Å². The minimum absolute atomic E-state index is 0.189. The molecule has 3 N–H and O–H groups in total. The Hall–Kier alpha value is -3.00. The SMILES string of the molecule is C/C(N)=C/C(=O)[C@H](C(=O)N1CCC[C@H]1C(=O)N[C@@H](C)c1ccc(-c2scnc2C)cc1C)C(C)C. The van der Waals surface area contributed by atoms with E-state index in [9.17, 15) is 14.4 Å². The highest BCUT2D eigenvalue weighted by molar-refractivity contribution is 7.13. The van der Waals surface area contributed by atoms with Gasteiger partial charge in [0.1, 0.15) is 12.0 Å². The topological polar surface area (TPSA) is 105 Å². The predicted molar refractivity (Wildman–Crippen MR) is 140 cm³/mol. The smallest absolute Gasteiger partial charge is 0.243 e. The first-order valence-electron chi connectivity index (χ1n) is 12.1. The fraction of sp³-hybridized carbons (Fsp3) is 0.481. The molecule has 7 nitrogen and oxygen atoms in total. The fourth-order valence-corrected chi connectivity index (χ4v) is 5.60. The number of aryl methyl sites for hydroxylation is 2. The quantitative estimate of drug-likeness (QED) is 0.419. The van der Waals surface area contributed by atoms with Crippen molar-refractivity contribution in [3.05, 3.63) is 52.3 Å². The molecular weight excluding hydrogens is 460 g/mol. The summed E-state index contributed by atoms with van der Waals surface area (Å²) in [7, 11) is 0. The van der Waals surface area contributed by atoms with Crippen LogP contribution in [0.2, 0.25) is 0 Å². The van der Waals surface area contributed by atoms with Gasteiger partial charge in [0.15, 0.2) is 5.78 Å². The number of benzene rings is 1. The Bertz CT molecular complexity index is 1130. The number of nitrogens with two attached hydrogens (primary N) is 1. The summed E-state index contributed by atoms with van der Waals surface area (Å²) in [4.78, 5) is 46.4. The maximum atomic E-state index is 13.4. The molecule has 1 saturated heterocycles. The molecule has 1 aliphatic heterocycles. The van der Waals surface area contributed by atoms with Crippen LogP contribution in [0.3, 0.4) is 0 Å². The molecule has 2 heterocycles. The number of rotatable bonds is 8. The number of amides is 2. The zero-order chi connectivity index (χ0) is 25.9. The number of allylic oxidation sites excluding steroid dienone is 2. The van der Waals surface area contributed by atoms with Crippen LogP contribution in [-0.2, 0) is 14.4 Å². The number of ketones is 1. The van der Waals surface area contributed by atoms with Crippen molar-refractivity contribution >= 4 is 28.9 Å². The number of nitrogens with one attached hydrogen (secondary N) is 1. The zero-order valence-corrected chi connectivity index (χ0v) is 22.2. The lowest BCUT2D eigenvalue weighted by molar-refractivity contribution is -0.146. The highest BCUT2D eigenvalue weighted by atomic mass is 32.1. The van der Waals surface area contributed by atoms with Gasteiger partial charge in [-0.05, 0) is 63.1 Å². The van der Waals surface area contributed by atoms with Crippen molar-refractivity contribution in [3.8, 4) is 10.4 Å². The number of carbonyl (C=O) groups is 3. The van der Waals surface area contributed by atoms with Crippen molar-refractivity contribution in [1.82, 2.24) is 15.2 Å². The van der Waals surface area contributed by atoms with Crippen LogP contribution in [0.5, 0.6) is 0 Å². The van der Waals surface area contributed by atoms with E-state index in [1.54, 1.807) is 23.2 Å². The van der Waals surface area contributed by atoms with Crippen molar-refractivity contribution < 1.29 is 14.4 Å². The van der Waals surface area contributed by atoms with Gasteiger partial charge in [0, 0.05) is 18.3 Å². The molecule has 1 aromatic carbocycles. The standard InChI is InChI=1S/C27H36N4O3S/c1-15(2)24(23(32)13-17(4)28)27(34)31-11-7-8-22(31)26(33)30-18(5)21-10-9-20(12-16(21)3)25-19(6)29-14-35-25/h9-10,12-15,18,22,24H,7-8,11,28H2,1-6H3,(H,30,33)/b17-13-/t18-,22-,24+/m0/s1. The third kappa shape index (κ3) is 5.99. The molecule has 1 aliphatic rings. The minimum atomic E-state index is -0.843. The zero-order valence-electron chi connectivity index (χ0n) is 21.4.